The number of aromatic amines is 5. The third-order valence-electron chi connectivity index (χ3n) is 33.3. The number of hydrogen-bond donors (Lipinski definition) is 5. The first-order chi connectivity index (χ1) is 68.3. The molecule has 5 N–H and O–H groups in total. The molecule has 15 aromatic rings. The molecule has 10 aliphatic rings. The minimum Gasteiger partial charge on any atom is -0.446 e. The smallest absolute Gasteiger partial charge is 0.262 e. The van der Waals surface area contributed by atoms with E-state index in [1.165, 1.54) is 0 Å². The summed E-state index contributed by atoms with van der Waals surface area (Å²) < 4.78 is 109. The summed E-state index contributed by atoms with van der Waals surface area (Å²) in [6, 6.07) is 0.387. The summed E-state index contributed by atoms with van der Waals surface area (Å²) in [7, 11) is 0. The van der Waals surface area contributed by atoms with Crippen LogP contribution in [0.15, 0.2) is 89.4 Å². The fourth-order valence-electron chi connectivity index (χ4n) is 22.9. The SMILES string of the molecule is Cc1cnc(C2CCC2c2nc3c(cnn3C3CCC(C)(F)CC3)c(=O)[nH]2)o1.Cc1cnc([C@H]2CC[C@@H]2c2nc3c(cnn3C3CCC(C)(F)CC3)c(=O)[nH]2)o1.Cc1nc([C@@H]2CC[C@@H]2c2nc3c(cnn3C3CCC(C)(F)CC3)c(=O)[nH]2)oc1C.Cc1nc([C@@H]2CC[C@H]2c2nc3c(cnn3C3CCC(C)(F)CC3)c(=O)[nH]2)oc1C.Cc1nc([C@H]2CC[C@H]2c2nc3c(cnn3C3CCC(C)(F)CC3)c(=O)[nH]2)oc1C. The van der Waals surface area contributed by atoms with Crippen LogP contribution in [-0.2, 0) is 0 Å². The van der Waals surface area contributed by atoms with Gasteiger partial charge in [0.05, 0.1) is 90.7 Å². The molecule has 0 bridgehead atoms. The molecular formula is C103H126F5N25O10. The second-order valence-corrected chi connectivity index (χ2v) is 43.8. The third kappa shape index (κ3) is 19.1. The Morgan fingerprint density at radius 1 is 0.252 bits per heavy atom. The van der Waals surface area contributed by atoms with Gasteiger partial charge in [0.15, 0.2) is 57.7 Å². The van der Waals surface area contributed by atoms with Gasteiger partial charge in [0.2, 0.25) is 0 Å². The molecule has 758 valence electrons. The van der Waals surface area contributed by atoms with Gasteiger partial charge >= 0.3 is 0 Å². The minimum absolute atomic E-state index is 0.0766. The lowest BCUT2D eigenvalue weighted by atomic mass is 9.73. The summed E-state index contributed by atoms with van der Waals surface area (Å²) in [5.74, 6) is 12.0. The summed E-state index contributed by atoms with van der Waals surface area (Å²) >= 11 is 0. The number of nitrogens with one attached hydrogen (secondary N) is 5. The summed E-state index contributed by atoms with van der Waals surface area (Å²) in [5.41, 5.74) is -0.722. The Morgan fingerprint density at radius 3 is 0.587 bits per heavy atom. The number of oxazole rings is 5. The number of alkyl halides is 5. The van der Waals surface area contributed by atoms with Crippen LogP contribution in [-0.4, -0.2) is 152 Å². The standard InChI is InChI=1S/3C21H26FN5O2.2C20H24FN5O2/c3*1-11-12(2)29-20(24-11)15-5-4-14(15)17-25-18-16(19(28)26-17)10-23-27(18)13-6-8-21(3,22)9-7-13;2*1-11-9-22-19(28-11)14-4-3-13(14)16-24-17-15(18(27)25-16)10-23-26(17)12-5-7-20(2,21)8-6-12/h3*10,13-15H,4-9H2,1-3H3,(H,25,26,28);2*9-10,12-14H,3-8H2,1-2H3,(H,24,25,27)/t2*13?,14-,15+,21?;13?,14-,15-,21?;12?,13-,14-,20?;/m1010./s1. The number of hydrogen-bond acceptors (Lipinski definition) is 25. The fourth-order valence-corrected chi connectivity index (χ4v) is 22.9. The van der Waals surface area contributed by atoms with Crippen LogP contribution in [0.5, 0.6) is 0 Å². The molecule has 10 fully saturated rings. The molecule has 40 heteroatoms. The highest BCUT2D eigenvalue weighted by Gasteiger charge is 2.47. The second-order valence-electron chi connectivity index (χ2n) is 43.8. The van der Waals surface area contributed by atoms with Crippen LogP contribution >= 0.6 is 0 Å². The van der Waals surface area contributed by atoms with E-state index in [1.807, 2.05) is 78.8 Å². The van der Waals surface area contributed by atoms with E-state index in [0.717, 1.165) is 128 Å². The maximum absolute atomic E-state index is 14.2. The molecule has 10 saturated carbocycles. The highest BCUT2D eigenvalue weighted by Crippen LogP contribution is 2.54. The lowest BCUT2D eigenvalue weighted by Gasteiger charge is -2.33. The number of halogens is 5. The van der Waals surface area contributed by atoms with Crippen LogP contribution < -0.4 is 27.8 Å². The Balaban J connectivity index is 0.000000106. The number of rotatable bonds is 15. The molecule has 15 heterocycles. The van der Waals surface area contributed by atoms with E-state index in [4.69, 9.17) is 47.0 Å². The van der Waals surface area contributed by atoms with E-state index in [0.29, 0.717) is 224 Å². The quantitative estimate of drug-likeness (QED) is 0.0595. The van der Waals surface area contributed by atoms with Gasteiger partial charge in [-0.15, -0.1) is 0 Å². The normalized spacial score (nSPS) is 30.1. The monoisotopic (exact) mass is 1970 g/mol. The fraction of sp³-hybridized carbons (Fsp3) is 0.612. The van der Waals surface area contributed by atoms with Crippen molar-refractivity contribution in [1.82, 2.24) is 124 Å². The number of fused-ring (bicyclic) bond motifs is 5. The third-order valence-corrected chi connectivity index (χ3v) is 33.3. The summed E-state index contributed by atoms with van der Waals surface area (Å²) in [6.07, 6.45) is 32.8. The average molecular weight is 1970 g/mol. The molecule has 0 amide bonds. The van der Waals surface area contributed by atoms with Gasteiger partial charge in [-0.1, -0.05) is 0 Å². The average Bonchev–Trinajstić information content (AvgIpc) is 1.66. The zero-order valence-corrected chi connectivity index (χ0v) is 83.3. The van der Waals surface area contributed by atoms with Gasteiger partial charge in [-0.05, 0) is 283 Å². The van der Waals surface area contributed by atoms with Gasteiger partial charge in [0.1, 0.15) is 113 Å². The van der Waals surface area contributed by atoms with Gasteiger partial charge in [-0.25, -0.2) is 95.2 Å². The Morgan fingerprint density at radius 2 is 0.434 bits per heavy atom. The van der Waals surface area contributed by atoms with Crippen molar-refractivity contribution >= 4 is 55.2 Å². The summed E-state index contributed by atoms with van der Waals surface area (Å²) in [6.45, 7) is 23.6. The number of H-pyrrole nitrogens is 5. The van der Waals surface area contributed by atoms with Crippen LogP contribution in [0.1, 0.15) is 421 Å². The Hall–Kier alpha value is -12.6. The molecule has 143 heavy (non-hydrogen) atoms. The van der Waals surface area contributed by atoms with Crippen molar-refractivity contribution in [2.24, 2.45) is 0 Å². The van der Waals surface area contributed by atoms with Gasteiger partial charge in [-0.2, -0.15) is 25.5 Å². The first-order valence-corrected chi connectivity index (χ1v) is 51.3. The predicted octanol–water partition coefficient (Wildman–Crippen LogP) is 20.5. The van der Waals surface area contributed by atoms with E-state index >= 15 is 0 Å². The highest BCUT2D eigenvalue weighted by molar-refractivity contribution is 5.76. The van der Waals surface area contributed by atoms with E-state index in [2.05, 4.69) is 75.3 Å². The molecule has 0 radical (unpaired) electrons. The van der Waals surface area contributed by atoms with Crippen molar-refractivity contribution in [3.8, 4) is 0 Å². The van der Waals surface area contributed by atoms with Gasteiger partial charge < -0.3 is 47.0 Å². The molecule has 0 spiro atoms. The highest BCUT2D eigenvalue weighted by atomic mass is 19.2. The Kier molecular flexibility index (Phi) is 25.4. The molecule has 15 aromatic heterocycles. The zero-order valence-electron chi connectivity index (χ0n) is 83.3. The maximum Gasteiger partial charge on any atom is 0.262 e. The topological polar surface area (TPSA) is 448 Å². The van der Waals surface area contributed by atoms with Crippen LogP contribution in [0.4, 0.5) is 22.0 Å². The number of aryl methyl sites for hydroxylation is 8. The van der Waals surface area contributed by atoms with E-state index < -0.39 is 28.3 Å². The second kappa shape index (κ2) is 37.6. The van der Waals surface area contributed by atoms with Gasteiger partial charge in [0.25, 0.3) is 27.8 Å². The van der Waals surface area contributed by atoms with Crippen LogP contribution in [0.2, 0.25) is 0 Å². The maximum atomic E-state index is 14.2. The predicted molar refractivity (Wildman–Crippen MR) is 520 cm³/mol. The Labute approximate surface area is 818 Å². The molecule has 2 unspecified atom stereocenters. The van der Waals surface area contributed by atoms with Crippen LogP contribution in [0.25, 0.3) is 55.2 Å². The lowest BCUT2D eigenvalue weighted by molar-refractivity contribution is 0.103. The number of aromatic nitrogens is 25. The van der Waals surface area contributed by atoms with Crippen molar-refractivity contribution in [2.45, 2.75) is 400 Å². The van der Waals surface area contributed by atoms with Crippen molar-refractivity contribution in [3.63, 3.8) is 0 Å². The molecule has 35 nitrogen and oxygen atoms in total. The molecule has 25 rings (SSSR count). The summed E-state index contributed by atoms with van der Waals surface area (Å²) in [5, 5.41) is 24.6. The van der Waals surface area contributed by atoms with Gasteiger partial charge in [0, 0.05) is 59.2 Å². The minimum atomic E-state index is -1.11. The molecule has 0 aromatic carbocycles. The molecule has 10 atom stereocenters. The van der Waals surface area contributed by atoms with Crippen LogP contribution in [0, 0.1) is 55.4 Å². The molecule has 0 aliphatic heterocycles. The first-order valence-electron chi connectivity index (χ1n) is 51.3. The molecule has 10 aliphatic carbocycles. The molecule has 0 saturated heterocycles. The molecular weight excluding hydrogens is 1840 g/mol. The van der Waals surface area contributed by atoms with E-state index in [9.17, 15) is 45.9 Å². The zero-order chi connectivity index (χ0) is 99.9. The Bertz CT molecular complexity index is 6880. The lowest BCUT2D eigenvalue weighted by Crippen LogP contribution is -2.29. The number of nitrogens with zero attached hydrogens (tertiary/aromatic N) is 20. The van der Waals surface area contributed by atoms with E-state index in [-0.39, 0.29) is 117 Å². The van der Waals surface area contributed by atoms with Crippen molar-refractivity contribution in [2.75, 3.05) is 0 Å². The summed E-state index contributed by atoms with van der Waals surface area (Å²) in [4.78, 5) is 124. The largest absolute Gasteiger partial charge is 0.446 e. The van der Waals surface area contributed by atoms with Crippen molar-refractivity contribution in [3.05, 3.63) is 200 Å². The van der Waals surface area contributed by atoms with Crippen molar-refractivity contribution < 1.29 is 44.0 Å². The van der Waals surface area contributed by atoms with Crippen LogP contribution in [0.3, 0.4) is 0 Å². The van der Waals surface area contributed by atoms with Crippen molar-refractivity contribution in [1.29, 1.82) is 0 Å². The first kappa shape index (κ1) is 96.6. The van der Waals surface area contributed by atoms with Gasteiger partial charge in [-0.3, -0.25) is 24.0 Å². The van der Waals surface area contributed by atoms with E-state index in [1.54, 1.807) is 78.0 Å².